The zero-order chi connectivity index (χ0) is 21.3. The molecule has 1 aliphatic rings. The van der Waals surface area contributed by atoms with Crippen molar-refractivity contribution in [2.24, 2.45) is 0 Å². The number of carbonyl (C=O) groups excluding carboxylic acids is 1. The predicted molar refractivity (Wildman–Crippen MR) is 108 cm³/mol. The number of hydrogen-bond acceptors (Lipinski definition) is 2. The summed E-state index contributed by atoms with van der Waals surface area (Å²) in [6.45, 7) is 0.613. The third kappa shape index (κ3) is 4.01. The third-order valence-electron chi connectivity index (χ3n) is 5.08. The van der Waals surface area contributed by atoms with Crippen molar-refractivity contribution in [1.29, 1.82) is 0 Å². The largest absolute Gasteiger partial charge is 0.416 e. The number of anilines is 3. The van der Waals surface area contributed by atoms with Gasteiger partial charge in [-0.15, -0.1) is 0 Å². The highest BCUT2D eigenvalue weighted by atomic mass is 19.4. The number of benzene rings is 3. The smallest absolute Gasteiger partial charge is 0.340 e. The first-order valence-corrected chi connectivity index (χ1v) is 9.46. The lowest BCUT2D eigenvalue weighted by atomic mass is 10.0. The molecule has 3 aromatic carbocycles. The van der Waals surface area contributed by atoms with Gasteiger partial charge in [-0.1, -0.05) is 18.2 Å². The second-order valence-electron chi connectivity index (χ2n) is 7.07. The van der Waals surface area contributed by atoms with Crippen LogP contribution in [0.2, 0.25) is 0 Å². The first kappa shape index (κ1) is 19.9. The van der Waals surface area contributed by atoms with Gasteiger partial charge in [-0.05, 0) is 66.9 Å². The molecule has 1 heterocycles. The highest BCUT2D eigenvalue weighted by molar-refractivity contribution is 6.06. The van der Waals surface area contributed by atoms with Crippen LogP contribution in [0.15, 0.2) is 66.7 Å². The molecule has 7 heteroatoms. The van der Waals surface area contributed by atoms with Crippen LogP contribution in [0.1, 0.15) is 27.9 Å². The zero-order valence-electron chi connectivity index (χ0n) is 15.8. The van der Waals surface area contributed by atoms with Gasteiger partial charge in [0.1, 0.15) is 5.82 Å². The van der Waals surface area contributed by atoms with Crippen molar-refractivity contribution in [2.75, 3.05) is 16.8 Å². The highest BCUT2D eigenvalue weighted by Crippen LogP contribution is 2.40. The van der Waals surface area contributed by atoms with Crippen LogP contribution in [0.4, 0.5) is 34.6 Å². The quantitative estimate of drug-likeness (QED) is 0.519. The Hall–Kier alpha value is -3.35. The van der Waals surface area contributed by atoms with Crippen molar-refractivity contribution >= 4 is 23.0 Å². The molecular weight excluding hydrogens is 396 g/mol. The number of hydrogen-bond donors (Lipinski definition) is 1. The predicted octanol–water partition coefficient (Wildman–Crippen LogP) is 6.18. The molecular formula is C23H18F4N2O. The summed E-state index contributed by atoms with van der Waals surface area (Å²) in [4.78, 5) is 14.5. The fourth-order valence-electron chi connectivity index (χ4n) is 3.63. The first-order valence-electron chi connectivity index (χ1n) is 9.46. The molecule has 0 unspecified atom stereocenters. The van der Waals surface area contributed by atoms with Crippen LogP contribution >= 0.6 is 0 Å². The van der Waals surface area contributed by atoms with Crippen molar-refractivity contribution in [3.63, 3.8) is 0 Å². The zero-order valence-corrected chi connectivity index (χ0v) is 15.8. The van der Waals surface area contributed by atoms with E-state index in [1.54, 1.807) is 0 Å². The van der Waals surface area contributed by atoms with Gasteiger partial charge in [-0.25, -0.2) is 4.39 Å². The number of nitrogens with zero attached hydrogens (tertiary/aromatic N) is 1. The lowest BCUT2D eigenvalue weighted by Crippen LogP contribution is -2.26. The summed E-state index contributed by atoms with van der Waals surface area (Å²) in [5, 5.41) is 2.58. The fourth-order valence-corrected chi connectivity index (χ4v) is 3.63. The number of fused-ring (bicyclic) bond motifs is 1. The van der Waals surface area contributed by atoms with Crippen LogP contribution in [-0.2, 0) is 12.6 Å². The average molecular weight is 414 g/mol. The van der Waals surface area contributed by atoms with E-state index in [1.807, 2.05) is 29.2 Å². The van der Waals surface area contributed by atoms with Gasteiger partial charge in [0.15, 0.2) is 0 Å². The number of nitrogens with one attached hydrogen (secondary N) is 1. The van der Waals surface area contributed by atoms with E-state index in [0.717, 1.165) is 48.4 Å². The summed E-state index contributed by atoms with van der Waals surface area (Å²) in [5.74, 6) is -1.11. The molecule has 3 nitrogen and oxygen atoms in total. The van der Waals surface area contributed by atoms with E-state index in [9.17, 15) is 22.4 Å². The molecule has 0 saturated carbocycles. The van der Waals surface area contributed by atoms with Gasteiger partial charge < -0.3 is 10.2 Å². The topological polar surface area (TPSA) is 32.3 Å². The molecule has 4 rings (SSSR count). The minimum Gasteiger partial charge on any atom is -0.340 e. The van der Waals surface area contributed by atoms with Gasteiger partial charge in [0.2, 0.25) is 0 Å². The van der Waals surface area contributed by atoms with Crippen LogP contribution in [0, 0.1) is 5.82 Å². The van der Waals surface area contributed by atoms with Crippen molar-refractivity contribution < 1.29 is 22.4 Å². The van der Waals surface area contributed by atoms with Crippen molar-refractivity contribution in [3.05, 3.63) is 89.2 Å². The third-order valence-corrected chi connectivity index (χ3v) is 5.08. The molecule has 0 aliphatic carbocycles. The van der Waals surface area contributed by atoms with Crippen LogP contribution in [0.5, 0.6) is 0 Å². The van der Waals surface area contributed by atoms with E-state index in [0.29, 0.717) is 12.2 Å². The normalized spacial score (nSPS) is 13.7. The SMILES string of the molecule is O=C(Nc1cc(C(F)(F)F)ccc1N1CCCc2ccccc21)c1ccc(F)cc1. The van der Waals surface area contributed by atoms with Gasteiger partial charge in [0.25, 0.3) is 5.91 Å². The molecule has 1 amide bonds. The van der Waals surface area contributed by atoms with Crippen LogP contribution in [0.25, 0.3) is 0 Å². The molecule has 1 aliphatic heterocycles. The van der Waals surface area contributed by atoms with Crippen LogP contribution < -0.4 is 10.2 Å². The van der Waals surface area contributed by atoms with E-state index in [-0.39, 0.29) is 11.3 Å². The van der Waals surface area contributed by atoms with E-state index in [1.165, 1.54) is 18.2 Å². The molecule has 0 aromatic heterocycles. The second-order valence-corrected chi connectivity index (χ2v) is 7.07. The van der Waals surface area contributed by atoms with Crippen LogP contribution in [0.3, 0.4) is 0 Å². The van der Waals surface area contributed by atoms with Crippen molar-refractivity contribution in [1.82, 2.24) is 0 Å². The summed E-state index contributed by atoms with van der Waals surface area (Å²) in [5.41, 5.74) is 1.83. The number of para-hydroxylation sites is 1. The number of rotatable bonds is 3. The molecule has 154 valence electrons. The fraction of sp³-hybridized carbons (Fsp3) is 0.174. The molecule has 0 spiro atoms. The summed E-state index contributed by atoms with van der Waals surface area (Å²) in [6.07, 6.45) is -2.83. The molecule has 0 fully saturated rings. The Labute approximate surface area is 170 Å². The number of carbonyl (C=O) groups is 1. The van der Waals surface area contributed by atoms with Crippen LogP contribution in [-0.4, -0.2) is 12.5 Å². The Morgan fingerprint density at radius 3 is 2.40 bits per heavy atom. The minimum absolute atomic E-state index is 0.0517. The first-order chi connectivity index (χ1) is 14.3. The standard InChI is InChI=1S/C23H18F4N2O/c24-18-10-7-16(8-11-18)22(30)28-19-14-17(23(25,26)27)9-12-21(19)29-13-3-5-15-4-1-2-6-20(15)29/h1-2,4,6-12,14H,3,5,13H2,(H,28,30). The van der Waals surface area contributed by atoms with E-state index < -0.39 is 23.5 Å². The van der Waals surface area contributed by atoms with Gasteiger partial charge in [-0.3, -0.25) is 4.79 Å². The molecule has 1 N–H and O–H groups in total. The Kier molecular flexibility index (Phi) is 5.20. The Morgan fingerprint density at radius 1 is 0.933 bits per heavy atom. The summed E-state index contributed by atoms with van der Waals surface area (Å²) in [7, 11) is 0. The summed E-state index contributed by atoms with van der Waals surface area (Å²) in [6, 6.07) is 15.9. The Balaban J connectivity index is 1.76. The molecule has 0 atom stereocenters. The summed E-state index contributed by atoms with van der Waals surface area (Å²) >= 11 is 0. The molecule has 0 saturated heterocycles. The number of halogens is 4. The number of alkyl halides is 3. The van der Waals surface area contributed by atoms with Gasteiger partial charge >= 0.3 is 6.18 Å². The number of aryl methyl sites for hydroxylation is 1. The van der Waals surface area contributed by atoms with Crippen molar-refractivity contribution in [3.8, 4) is 0 Å². The monoisotopic (exact) mass is 414 g/mol. The van der Waals surface area contributed by atoms with Gasteiger partial charge in [-0.2, -0.15) is 13.2 Å². The maximum atomic E-state index is 13.3. The Bertz CT molecular complexity index is 1080. The number of amides is 1. The van der Waals surface area contributed by atoms with Gasteiger partial charge in [0, 0.05) is 17.8 Å². The van der Waals surface area contributed by atoms with E-state index >= 15 is 0 Å². The molecule has 30 heavy (non-hydrogen) atoms. The van der Waals surface area contributed by atoms with Crippen molar-refractivity contribution in [2.45, 2.75) is 19.0 Å². The maximum Gasteiger partial charge on any atom is 0.416 e. The van der Waals surface area contributed by atoms with Gasteiger partial charge in [0.05, 0.1) is 16.9 Å². The highest BCUT2D eigenvalue weighted by Gasteiger charge is 2.32. The van der Waals surface area contributed by atoms with E-state index in [2.05, 4.69) is 5.32 Å². The lowest BCUT2D eigenvalue weighted by molar-refractivity contribution is -0.137. The molecule has 0 bridgehead atoms. The lowest BCUT2D eigenvalue weighted by Gasteiger charge is -2.33. The minimum atomic E-state index is -4.55. The average Bonchev–Trinajstić information content (AvgIpc) is 2.73. The molecule has 3 aromatic rings. The Morgan fingerprint density at radius 2 is 1.67 bits per heavy atom. The van der Waals surface area contributed by atoms with E-state index in [4.69, 9.17) is 0 Å². The summed E-state index contributed by atoms with van der Waals surface area (Å²) < 4.78 is 53.1. The second kappa shape index (κ2) is 7.82. The maximum absolute atomic E-state index is 13.3. The molecule has 0 radical (unpaired) electrons.